The lowest BCUT2D eigenvalue weighted by atomic mass is 10.1. The molecule has 0 aliphatic carbocycles. The molecule has 0 saturated carbocycles. The van der Waals surface area contributed by atoms with Crippen LogP contribution in [0.1, 0.15) is 60.1 Å². The van der Waals surface area contributed by atoms with Gasteiger partial charge in [0.1, 0.15) is 29.3 Å². The van der Waals surface area contributed by atoms with Gasteiger partial charge in [-0.25, -0.2) is 9.59 Å². The van der Waals surface area contributed by atoms with Crippen LogP contribution in [-0.2, 0) is 31.8 Å². The number of aliphatic hydroxyl groups excluding tert-OH is 1. The molecule has 0 spiro atoms. The Balaban J connectivity index is 0. The van der Waals surface area contributed by atoms with Gasteiger partial charge in [-0.05, 0) is 89.8 Å². The number of halogens is 1. The normalized spacial score (nSPS) is 10.5. The average molecular weight is 718 g/mol. The number of phenolic OH excluding ortho intramolecular Hbond substituents is 1. The van der Waals surface area contributed by atoms with E-state index in [4.69, 9.17) is 33.9 Å². The van der Waals surface area contributed by atoms with Crippen LogP contribution in [0.4, 0.5) is 9.59 Å². The van der Waals surface area contributed by atoms with E-state index in [-0.39, 0.29) is 19.8 Å². The summed E-state index contributed by atoms with van der Waals surface area (Å²) in [6.07, 6.45) is 0.621. The predicted molar refractivity (Wildman–Crippen MR) is 186 cm³/mol. The van der Waals surface area contributed by atoms with E-state index in [9.17, 15) is 9.59 Å². The minimum Gasteiger partial charge on any atom is -0.508 e. The van der Waals surface area contributed by atoms with Crippen molar-refractivity contribution in [3.8, 4) is 11.5 Å². The van der Waals surface area contributed by atoms with E-state index < -0.39 is 23.4 Å². The highest BCUT2D eigenvalue weighted by molar-refractivity contribution is 9.09. The van der Waals surface area contributed by atoms with Gasteiger partial charge in [-0.1, -0.05) is 47.6 Å². The number of benzene rings is 2. The summed E-state index contributed by atoms with van der Waals surface area (Å²) < 4.78 is 25.3. The first kappa shape index (κ1) is 45.1. The van der Waals surface area contributed by atoms with Crippen LogP contribution in [0.15, 0.2) is 48.5 Å². The van der Waals surface area contributed by atoms with E-state index in [1.807, 2.05) is 77.9 Å². The smallest absolute Gasteiger partial charge is 0.407 e. The standard InChI is InChI=1S/C15H23NO4.C13H19NO3.C5H11BrO2.CH4/c1-15(2,3)20-14(18)16-9-8-12-4-6-13(7-5-12)19-11-10-17;1-13(2,3)17-12(16)14-9-8-10-4-6-11(15)7-5-10;1-7-4-5-8-3-2-6;/h4-7,17H,8-11H2,1-3H3,(H,16,18);4-7,15H,8-9H2,1-3H3,(H,14,16);2-5H2,1H3;1H4. The molecule has 2 rings (SSSR count). The Morgan fingerprint density at radius 3 is 1.59 bits per heavy atom. The zero-order chi connectivity index (χ0) is 34.1. The van der Waals surface area contributed by atoms with Crippen LogP contribution in [0, 0.1) is 0 Å². The zero-order valence-corrected chi connectivity index (χ0v) is 29.4. The topological polar surface area (TPSA) is 145 Å². The van der Waals surface area contributed by atoms with Crippen molar-refractivity contribution in [3.05, 3.63) is 59.7 Å². The molecule has 2 amide bonds. The van der Waals surface area contributed by atoms with Crippen molar-refractivity contribution in [2.24, 2.45) is 0 Å². The highest BCUT2D eigenvalue weighted by Gasteiger charge is 2.16. The van der Waals surface area contributed by atoms with Gasteiger partial charge in [-0.3, -0.25) is 0 Å². The molecule has 0 aromatic heterocycles. The monoisotopic (exact) mass is 716 g/mol. The van der Waals surface area contributed by atoms with Gasteiger partial charge in [0, 0.05) is 25.5 Å². The number of hydrogen-bond donors (Lipinski definition) is 4. The first-order valence-electron chi connectivity index (χ1n) is 14.9. The Morgan fingerprint density at radius 2 is 1.20 bits per heavy atom. The minimum absolute atomic E-state index is 0. The Kier molecular flexibility index (Phi) is 25.5. The van der Waals surface area contributed by atoms with Crippen molar-refractivity contribution < 1.29 is 43.5 Å². The number of methoxy groups -OCH3 is 1. The van der Waals surface area contributed by atoms with Crippen molar-refractivity contribution >= 4 is 28.1 Å². The number of ether oxygens (including phenoxy) is 5. The van der Waals surface area contributed by atoms with E-state index >= 15 is 0 Å². The average Bonchev–Trinajstić information content (AvgIpc) is 2.95. The molecule has 0 bridgehead atoms. The fourth-order valence-corrected chi connectivity index (χ4v) is 3.35. The summed E-state index contributed by atoms with van der Waals surface area (Å²) >= 11 is 3.24. The minimum atomic E-state index is -0.476. The SMILES string of the molecule is C.CC(C)(C)OC(=O)NCCc1ccc(O)cc1.CC(C)(C)OC(=O)NCCc1ccc(OCCO)cc1.COCCOCCBr. The fraction of sp³-hybridized carbons (Fsp3) is 0.588. The van der Waals surface area contributed by atoms with E-state index in [1.54, 1.807) is 19.2 Å². The molecule has 0 atom stereocenters. The molecule has 2 aromatic carbocycles. The number of alkyl halides is 1. The first-order valence-corrected chi connectivity index (χ1v) is 16.0. The van der Waals surface area contributed by atoms with Crippen molar-refractivity contribution in [1.29, 1.82) is 0 Å². The summed E-state index contributed by atoms with van der Waals surface area (Å²) in [5.74, 6) is 0.969. The molecule has 0 aliphatic rings. The molecule has 0 heterocycles. The molecule has 0 radical (unpaired) electrons. The van der Waals surface area contributed by atoms with Gasteiger partial charge in [0.05, 0.1) is 26.4 Å². The van der Waals surface area contributed by atoms with Crippen LogP contribution in [0.3, 0.4) is 0 Å². The van der Waals surface area contributed by atoms with Gasteiger partial charge in [-0.15, -0.1) is 0 Å². The second-order valence-corrected chi connectivity index (χ2v) is 12.3. The van der Waals surface area contributed by atoms with Crippen molar-refractivity contribution in [2.75, 3.05) is 58.6 Å². The summed E-state index contributed by atoms with van der Waals surface area (Å²) in [5, 5.41) is 24.1. The van der Waals surface area contributed by atoms with Crippen molar-refractivity contribution in [3.63, 3.8) is 0 Å². The number of carbonyl (C=O) groups is 2. The lowest BCUT2D eigenvalue weighted by Crippen LogP contribution is -2.33. The number of aromatic hydroxyl groups is 1. The lowest BCUT2D eigenvalue weighted by molar-refractivity contribution is 0.0517. The van der Waals surface area contributed by atoms with Gasteiger partial charge in [0.2, 0.25) is 0 Å². The molecule has 12 heteroatoms. The number of amides is 2. The Morgan fingerprint density at radius 1 is 0.739 bits per heavy atom. The number of aliphatic hydroxyl groups is 1. The van der Waals surface area contributed by atoms with E-state index in [2.05, 4.69) is 26.6 Å². The molecule has 11 nitrogen and oxygen atoms in total. The van der Waals surface area contributed by atoms with E-state index in [0.29, 0.717) is 39.3 Å². The summed E-state index contributed by atoms with van der Waals surface area (Å²) in [5.41, 5.74) is 1.20. The zero-order valence-electron chi connectivity index (χ0n) is 27.8. The molecule has 46 heavy (non-hydrogen) atoms. The summed E-state index contributed by atoms with van der Waals surface area (Å²) in [6.45, 7) is 14.4. The quantitative estimate of drug-likeness (QED) is 0.131. The van der Waals surface area contributed by atoms with Crippen molar-refractivity contribution in [2.45, 2.75) is 73.0 Å². The number of phenols is 1. The van der Waals surface area contributed by atoms with Gasteiger partial charge in [-0.2, -0.15) is 0 Å². The second-order valence-electron chi connectivity index (χ2n) is 11.5. The van der Waals surface area contributed by atoms with Crippen LogP contribution < -0.4 is 15.4 Å². The molecule has 0 aliphatic heterocycles. The van der Waals surface area contributed by atoms with Crippen LogP contribution in [0.2, 0.25) is 0 Å². The Hall–Kier alpha value is -3.06. The van der Waals surface area contributed by atoms with Crippen LogP contribution >= 0.6 is 15.9 Å². The van der Waals surface area contributed by atoms with Crippen LogP contribution in [-0.4, -0.2) is 92.2 Å². The fourth-order valence-electron chi connectivity index (χ4n) is 3.12. The molecular weight excluding hydrogens is 660 g/mol. The number of nitrogens with one attached hydrogen (secondary N) is 2. The molecular formula is C34H57BrN2O9. The maximum absolute atomic E-state index is 11.4. The number of carbonyl (C=O) groups excluding carboxylic acids is 2. The third-order valence-electron chi connectivity index (χ3n) is 5.04. The van der Waals surface area contributed by atoms with Crippen LogP contribution in [0.5, 0.6) is 11.5 Å². The molecule has 264 valence electrons. The maximum atomic E-state index is 11.4. The highest BCUT2D eigenvalue weighted by Crippen LogP contribution is 2.13. The van der Waals surface area contributed by atoms with Gasteiger partial charge in [0.25, 0.3) is 0 Å². The summed E-state index contributed by atoms with van der Waals surface area (Å²) in [4.78, 5) is 22.8. The molecule has 0 saturated heterocycles. The predicted octanol–water partition coefficient (Wildman–Crippen LogP) is 6.26. The third-order valence-corrected chi connectivity index (χ3v) is 5.36. The lowest BCUT2D eigenvalue weighted by Gasteiger charge is -2.19. The molecule has 0 fully saturated rings. The Bertz CT molecular complexity index is 1030. The van der Waals surface area contributed by atoms with Crippen molar-refractivity contribution in [1.82, 2.24) is 10.6 Å². The number of rotatable bonds is 14. The summed E-state index contributed by atoms with van der Waals surface area (Å²) in [6, 6.07) is 14.5. The van der Waals surface area contributed by atoms with E-state index in [0.717, 1.165) is 35.2 Å². The van der Waals surface area contributed by atoms with Gasteiger partial charge in [0.15, 0.2) is 0 Å². The largest absolute Gasteiger partial charge is 0.508 e. The highest BCUT2D eigenvalue weighted by atomic mass is 79.9. The molecule has 4 N–H and O–H groups in total. The second kappa shape index (κ2) is 26.1. The van der Waals surface area contributed by atoms with Gasteiger partial charge < -0.3 is 44.5 Å². The van der Waals surface area contributed by atoms with E-state index in [1.165, 1.54) is 0 Å². The number of alkyl carbamates (subject to hydrolysis) is 2. The number of hydrogen-bond acceptors (Lipinski definition) is 9. The third kappa shape index (κ3) is 28.4. The van der Waals surface area contributed by atoms with Crippen LogP contribution in [0.25, 0.3) is 0 Å². The molecule has 2 aromatic rings. The Labute approximate surface area is 284 Å². The summed E-state index contributed by atoms with van der Waals surface area (Å²) in [7, 11) is 1.66. The molecule has 0 unspecified atom stereocenters. The van der Waals surface area contributed by atoms with Gasteiger partial charge >= 0.3 is 12.2 Å². The maximum Gasteiger partial charge on any atom is 0.407 e. The first-order chi connectivity index (χ1) is 21.2.